The van der Waals surface area contributed by atoms with Crippen LogP contribution in [0.2, 0.25) is 0 Å². The van der Waals surface area contributed by atoms with E-state index < -0.39 is 0 Å². The van der Waals surface area contributed by atoms with Crippen molar-refractivity contribution in [3.05, 3.63) is 28.2 Å². The lowest BCUT2D eigenvalue weighted by Gasteiger charge is -2.14. The zero-order valence-corrected chi connectivity index (χ0v) is 12.1. The van der Waals surface area contributed by atoms with E-state index >= 15 is 0 Å². The van der Waals surface area contributed by atoms with Gasteiger partial charge in [0.05, 0.1) is 6.61 Å². The Hall–Kier alpha value is -0.540. The Bertz CT molecular complexity index is 376. The molecule has 1 aromatic carbocycles. The van der Waals surface area contributed by atoms with Crippen LogP contribution in [0.3, 0.4) is 0 Å². The highest BCUT2D eigenvalue weighted by Crippen LogP contribution is 2.22. The number of hydrogen-bond acceptors (Lipinski definition) is 2. The Labute approximate surface area is 112 Å². The van der Waals surface area contributed by atoms with Crippen LogP contribution in [0, 0.1) is 12.8 Å². The monoisotopic (exact) mass is 297 g/mol. The van der Waals surface area contributed by atoms with Crippen molar-refractivity contribution in [2.24, 2.45) is 5.92 Å². The van der Waals surface area contributed by atoms with Gasteiger partial charge in [0.25, 0.3) is 0 Å². The van der Waals surface area contributed by atoms with Crippen LogP contribution in [0.4, 0.5) is 0 Å². The fourth-order valence-electron chi connectivity index (χ4n) is 1.66. The van der Waals surface area contributed by atoms with Gasteiger partial charge in [-0.15, -0.1) is 0 Å². The van der Waals surface area contributed by atoms with Crippen LogP contribution in [0.1, 0.15) is 25.3 Å². The second-order valence-electron chi connectivity index (χ2n) is 5.01. The van der Waals surface area contributed by atoms with Gasteiger partial charge in [0, 0.05) is 23.0 Å². The van der Waals surface area contributed by atoms with Crippen molar-refractivity contribution < 1.29 is 4.74 Å². The van der Waals surface area contributed by atoms with Crippen LogP contribution < -0.4 is 10.1 Å². The van der Waals surface area contributed by atoms with Gasteiger partial charge in [-0.25, -0.2) is 0 Å². The molecule has 1 N–H and O–H groups in total. The number of hydrogen-bond donors (Lipinski definition) is 1. The van der Waals surface area contributed by atoms with Crippen molar-refractivity contribution in [3.8, 4) is 5.75 Å². The summed E-state index contributed by atoms with van der Waals surface area (Å²) in [7, 11) is 0. The first-order valence-electron chi connectivity index (χ1n) is 6.27. The molecule has 1 saturated carbocycles. The largest absolute Gasteiger partial charge is 0.493 e. The standard InChI is InChI=1S/C14H20BrNO/c1-10(8-16-12-3-4-12)9-17-13-5-6-14(15)11(2)7-13/h5-7,10,12,16H,3-4,8-9H2,1-2H3. The molecule has 2 nitrogen and oxygen atoms in total. The molecule has 1 fully saturated rings. The highest BCUT2D eigenvalue weighted by molar-refractivity contribution is 9.10. The molecule has 0 heterocycles. The molecular weight excluding hydrogens is 278 g/mol. The SMILES string of the molecule is Cc1cc(OCC(C)CNC2CC2)ccc1Br. The average molecular weight is 298 g/mol. The molecule has 2 rings (SSSR count). The molecule has 17 heavy (non-hydrogen) atoms. The predicted octanol–water partition coefficient (Wildman–Crippen LogP) is 3.52. The summed E-state index contributed by atoms with van der Waals surface area (Å²) in [6.45, 7) is 6.14. The van der Waals surface area contributed by atoms with Gasteiger partial charge >= 0.3 is 0 Å². The Kier molecular flexibility index (Phi) is 4.46. The first-order chi connectivity index (χ1) is 8.15. The number of nitrogens with one attached hydrogen (secondary N) is 1. The molecule has 0 saturated heterocycles. The summed E-state index contributed by atoms with van der Waals surface area (Å²) in [5, 5.41) is 3.53. The third-order valence-corrected chi connectivity index (χ3v) is 3.89. The minimum absolute atomic E-state index is 0.555. The van der Waals surface area contributed by atoms with Crippen LogP contribution in [0.25, 0.3) is 0 Å². The Morgan fingerprint density at radius 1 is 1.47 bits per heavy atom. The summed E-state index contributed by atoms with van der Waals surface area (Å²) in [5.74, 6) is 1.52. The van der Waals surface area contributed by atoms with E-state index in [0.29, 0.717) is 5.92 Å². The summed E-state index contributed by atoms with van der Waals surface area (Å²) in [5.41, 5.74) is 1.21. The first kappa shape index (κ1) is 12.9. The number of ether oxygens (including phenoxy) is 1. The average Bonchev–Trinajstić information content (AvgIpc) is 3.12. The third kappa shape index (κ3) is 4.32. The molecule has 0 bridgehead atoms. The van der Waals surface area contributed by atoms with Gasteiger partial charge in [-0.3, -0.25) is 0 Å². The Morgan fingerprint density at radius 2 is 2.24 bits per heavy atom. The molecule has 0 aromatic heterocycles. The van der Waals surface area contributed by atoms with Crippen LogP contribution in [0.5, 0.6) is 5.75 Å². The van der Waals surface area contributed by atoms with Crippen molar-refractivity contribution in [3.63, 3.8) is 0 Å². The minimum Gasteiger partial charge on any atom is -0.493 e. The van der Waals surface area contributed by atoms with Crippen molar-refractivity contribution >= 4 is 15.9 Å². The number of benzene rings is 1. The molecule has 1 aromatic rings. The normalized spacial score (nSPS) is 16.9. The first-order valence-corrected chi connectivity index (χ1v) is 7.07. The van der Waals surface area contributed by atoms with E-state index in [1.165, 1.54) is 18.4 Å². The maximum atomic E-state index is 5.80. The molecule has 0 aliphatic heterocycles. The van der Waals surface area contributed by atoms with Gasteiger partial charge < -0.3 is 10.1 Å². The zero-order valence-electron chi connectivity index (χ0n) is 10.5. The molecule has 1 aliphatic carbocycles. The van der Waals surface area contributed by atoms with Gasteiger partial charge in [-0.05, 0) is 43.5 Å². The lowest BCUT2D eigenvalue weighted by Crippen LogP contribution is -2.26. The summed E-state index contributed by atoms with van der Waals surface area (Å²) in [6, 6.07) is 6.91. The number of aryl methyl sites for hydroxylation is 1. The molecule has 0 amide bonds. The van der Waals surface area contributed by atoms with E-state index in [1.807, 2.05) is 12.1 Å². The minimum atomic E-state index is 0.555. The lowest BCUT2D eigenvalue weighted by atomic mass is 10.2. The van der Waals surface area contributed by atoms with E-state index in [4.69, 9.17) is 4.74 Å². The molecule has 1 aliphatic rings. The van der Waals surface area contributed by atoms with E-state index in [2.05, 4.69) is 41.2 Å². The molecule has 1 atom stereocenters. The lowest BCUT2D eigenvalue weighted by molar-refractivity contribution is 0.255. The summed E-state index contributed by atoms with van der Waals surface area (Å²) in [4.78, 5) is 0. The second kappa shape index (κ2) is 5.87. The predicted molar refractivity (Wildman–Crippen MR) is 74.6 cm³/mol. The van der Waals surface area contributed by atoms with Crippen LogP contribution in [-0.2, 0) is 0 Å². The van der Waals surface area contributed by atoms with Gasteiger partial charge in [-0.2, -0.15) is 0 Å². The summed E-state index contributed by atoms with van der Waals surface area (Å²) >= 11 is 3.49. The molecule has 3 heteroatoms. The molecule has 1 unspecified atom stereocenters. The van der Waals surface area contributed by atoms with Crippen LogP contribution in [-0.4, -0.2) is 19.2 Å². The Morgan fingerprint density at radius 3 is 2.88 bits per heavy atom. The van der Waals surface area contributed by atoms with E-state index in [0.717, 1.165) is 29.4 Å². The maximum absolute atomic E-state index is 5.80. The van der Waals surface area contributed by atoms with E-state index in [9.17, 15) is 0 Å². The highest BCUT2D eigenvalue weighted by Gasteiger charge is 2.20. The zero-order chi connectivity index (χ0) is 12.3. The number of halogens is 1. The quantitative estimate of drug-likeness (QED) is 0.867. The van der Waals surface area contributed by atoms with Gasteiger partial charge in [0.2, 0.25) is 0 Å². The summed E-state index contributed by atoms with van der Waals surface area (Å²) in [6.07, 6.45) is 2.69. The fraction of sp³-hybridized carbons (Fsp3) is 0.571. The number of rotatable bonds is 6. The van der Waals surface area contributed by atoms with Gasteiger partial charge in [-0.1, -0.05) is 22.9 Å². The molecule has 0 spiro atoms. The maximum Gasteiger partial charge on any atom is 0.119 e. The van der Waals surface area contributed by atoms with E-state index in [1.54, 1.807) is 0 Å². The van der Waals surface area contributed by atoms with Crippen molar-refractivity contribution in [2.45, 2.75) is 32.7 Å². The third-order valence-electron chi connectivity index (χ3n) is 3.00. The molecule has 0 radical (unpaired) electrons. The smallest absolute Gasteiger partial charge is 0.119 e. The van der Waals surface area contributed by atoms with Crippen molar-refractivity contribution in [2.75, 3.05) is 13.2 Å². The van der Waals surface area contributed by atoms with Gasteiger partial charge in [0.15, 0.2) is 0 Å². The van der Waals surface area contributed by atoms with Crippen LogP contribution >= 0.6 is 15.9 Å². The topological polar surface area (TPSA) is 21.3 Å². The second-order valence-corrected chi connectivity index (χ2v) is 5.86. The van der Waals surface area contributed by atoms with Gasteiger partial charge in [0.1, 0.15) is 5.75 Å². The highest BCUT2D eigenvalue weighted by atomic mass is 79.9. The Balaban J connectivity index is 1.73. The fourth-order valence-corrected chi connectivity index (χ4v) is 1.91. The van der Waals surface area contributed by atoms with Crippen molar-refractivity contribution in [1.82, 2.24) is 5.32 Å². The molecular formula is C14H20BrNO. The van der Waals surface area contributed by atoms with Crippen molar-refractivity contribution in [1.29, 1.82) is 0 Å². The van der Waals surface area contributed by atoms with E-state index in [-0.39, 0.29) is 0 Å². The molecule has 94 valence electrons. The summed E-state index contributed by atoms with van der Waals surface area (Å²) < 4.78 is 6.93. The van der Waals surface area contributed by atoms with Crippen LogP contribution in [0.15, 0.2) is 22.7 Å².